The average molecular weight is 272 g/mol. The van der Waals surface area contributed by atoms with E-state index >= 15 is 0 Å². The molecule has 0 saturated heterocycles. The van der Waals surface area contributed by atoms with Crippen LogP contribution in [0.2, 0.25) is 0 Å². The third-order valence-electron chi connectivity index (χ3n) is 1.91. The molecule has 0 bridgehead atoms. The molecular weight excluding hydrogens is 258 g/mol. The minimum atomic E-state index is -0.0906. The SMILES string of the molecule is CC(Br)CCCNC(=O)c1ccnnc1. The monoisotopic (exact) mass is 271 g/mol. The van der Waals surface area contributed by atoms with Crippen LogP contribution in [0.15, 0.2) is 18.5 Å². The van der Waals surface area contributed by atoms with Gasteiger partial charge < -0.3 is 5.32 Å². The number of amides is 1. The number of nitrogens with one attached hydrogen (secondary N) is 1. The largest absolute Gasteiger partial charge is 0.352 e. The summed E-state index contributed by atoms with van der Waals surface area (Å²) >= 11 is 3.46. The van der Waals surface area contributed by atoms with E-state index in [2.05, 4.69) is 38.4 Å². The van der Waals surface area contributed by atoms with Crippen molar-refractivity contribution in [3.05, 3.63) is 24.0 Å². The second-order valence-electron chi connectivity index (χ2n) is 3.31. The van der Waals surface area contributed by atoms with Gasteiger partial charge in [-0.25, -0.2) is 0 Å². The fourth-order valence-corrected chi connectivity index (χ4v) is 1.44. The Kier molecular flexibility index (Phi) is 5.25. The summed E-state index contributed by atoms with van der Waals surface area (Å²) < 4.78 is 0. The van der Waals surface area contributed by atoms with Gasteiger partial charge in [-0.15, -0.1) is 0 Å². The van der Waals surface area contributed by atoms with Crippen molar-refractivity contribution in [1.29, 1.82) is 0 Å². The maximum Gasteiger partial charge on any atom is 0.252 e. The molecule has 1 rings (SSSR count). The lowest BCUT2D eigenvalue weighted by molar-refractivity contribution is 0.0952. The lowest BCUT2D eigenvalue weighted by Crippen LogP contribution is -2.24. The summed E-state index contributed by atoms with van der Waals surface area (Å²) in [5.41, 5.74) is 0.553. The lowest BCUT2D eigenvalue weighted by atomic mass is 10.2. The maximum absolute atomic E-state index is 11.5. The summed E-state index contributed by atoms with van der Waals surface area (Å²) in [5.74, 6) is -0.0906. The van der Waals surface area contributed by atoms with E-state index in [1.165, 1.54) is 12.4 Å². The smallest absolute Gasteiger partial charge is 0.252 e. The quantitative estimate of drug-likeness (QED) is 0.656. The molecule has 5 heteroatoms. The molecule has 0 aromatic carbocycles. The first-order chi connectivity index (χ1) is 7.20. The summed E-state index contributed by atoms with van der Waals surface area (Å²) in [4.78, 5) is 12.0. The van der Waals surface area contributed by atoms with E-state index in [4.69, 9.17) is 0 Å². The van der Waals surface area contributed by atoms with Crippen LogP contribution >= 0.6 is 15.9 Å². The summed E-state index contributed by atoms with van der Waals surface area (Å²) in [6, 6.07) is 1.65. The Hall–Kier alpha value is -0.970. The highest BCUT2D eigenvalue weighted by Gasteiger charge is 2.04. The van der Waals surface area contributed by atoms with Crippen LogP contribution in [0.5, 0.6) is 0 Å². The topological polar surface area (TPSA) is 54.9 Å². The van der Waals surface area contributed by atoms with Gasteiger partial charge in [0.2, 0.25) is 0 Å². The zero-order valence-corrected chi connectivity index (χ0v) is 10.2. The van der Waals surface area contributed by atoms with Crippen molar-refractivity contribution in [2.24, 2.45) is 0 Å². The summed E-state index contributed by atoms with van der Waals surface area (Å²) in [6.45, 7) is 2.78. The number of hydrogen-bond donors (Lipinski definition) is 1. The van der Waals surface area contributed by atoms with Crippen molar-refractivity contribution in [3.63, 3.8) is 0 Å². The van der Waals surface area contributed by atoms with E-state index < -0.39 is 0 Å². The van der Waals surface area contributed by atoms with Crippen molar-refractivity contribution in [1.82, 2.24) is 15.5 Å². The Labute approximate surface area is 97.6 Å². The lowest BCUT2D eigenvalue weighted by Gasteiger charge is -2.05. The number of rotatable bonds is 5. The Balaban J connectivity index is 2.25. The fourth-order valence-electron chi connectivity index (χ4n) is 1.11. The van der Waals surface area contributed by atoms with E-state index in [1.54, 1.807) is 6.07 Å². The third-order valence-corrected chi connectivity index (χ3v) is 2.37. The van der Waals surface area contributed by atoms with Crippen LogP contribution in [0.1, 0.15) is 30.1 Å². The van der Waals surface area contributed by atoms with Gasteiger partial charge in [0.1, 0.15) is 0 Å². The average Bonchev–Trinajstić information content (AvgIpc) is 2.25. The Morgan fingerprint density at radius 1 is 1.60 bits per heavy atom. The summed E-state index contributed by atoms with van der Waals surface area (Å²) in [5, 5.41) is 10.1. The number of alkyl halides is 1. The number of carbonyl (C=O) groups excluding carboxylic acids is 1. The minimum absolute atomic E-state index is 0.0906. The Bertz CT molecular complexity index is 303. The molecule has 0 spiro atoms. The zero-order valence-electron chi connectivity index (χ0n) is 8.61. The maximum atomic E-state index is 11.5. The molecule has 82 valence electrons. The highest BCUT2D eigenvalue weighted by atomic mass is 79.9. The van der Waals surface area contributed by atoms with Crippen molar-refractivity contribution in [3.8, 4) is 0 Å². The molecule has 0 fully saturated rings. The first-order valence-electron chi connectivity index (χ1n) is 4.89. The Morgan fingerprint density at radius 2 is 2.40 bits per heavy atom. The molecule has 0 aliphatic heterocycles. The predicted octanol–water partition coefficient (Wildman–Crippen LogP) is 1.77. The Morgan fingerprint density at radius 3 is 3.00 bits per heavy atom. The van der Waals surface area contributed by atoms with Gasteiger partial charge in [0.05, 0.1) is 18.0 Å². The first kappa shape index (κ1) is 12.1. The molecule has 4 nitrogen and oxygen atoms in total. The van der Waals surface area contributed by atoms with Crippen molar-refractivity contribution in [2.75, 3.05) is 6.54 Å². The van der Waals surface area contributed by atoms with Crippen LogP contribution in [0.25, 0.3) is 0 Å². The summed E-state index contributed by atoms with van der Waals surface area (Å²) in [7, 11) is 0. The highest BCUT2D eigenvalue weighted by molar-refractivity contribution is 9.09. The third kappa shape index (κ3) is 4.88. The second kappa shape index (κ2) is 6.50. The summed E-state index contributed by atoms with van der Waals surface area (Å²) in [6.07, 6.45) is 4.99. The minimum Gasteiger partial charge on any atom is -0.352 e. The van der Waals surface area contributed by atoms with Crippen LogP contribution in [0.4, 0.5) is 0 Å². The number of nitrogens with zero attached hydrogens (tertiary/aromatic N) is 2. The van der Waals surface area contributed by atoms with Crippen LogP contribution in [-0.4, -0.2) is 27.5 Å². The van der Waals surface area contributed by atoms with Gasteiger partial charge in [-0.1, -0.05) is 22.9 Å². The number of carbonyl (C=O) groups is 1. The van der Waals surface area contributed by atoms with Gasteiger partial charge in [0.15, 0.2) is 0 Å². The number of halogens is 1. The van der Waals surface area contributed by atoms with Crippen LogP contribution in [0.3, 0.4) is 0 Å². The van der Waals surface area contributed by atoms with Crippen molar-refractivity contribution in [2.45, 2.75) is 24.6 Å². The van der Waals surface area contributed by atoms with E-state index in [9.17, 15) is 4.79 Å². The van der Waals surface area contributed by atoms with E-state index in [0.717, 1.165) is 12.8 Å². The molecule has 1 aromatic heterocycles. The van der Waals surface area contributed by atoms with Gasteiger partial charge >= 0.3 is 0 Å². The molecule has 1 N–H and O–H groups in total. The molecule has 0 saturated carbocycles. The van der Waals surface area contributed by atoms with Gasteiger partial charge in [0, 0.05) is 11.4 Å². The number of hydrogen-bond acceptors (Lipinski definition) is 3. The predicted molar refractivity (Wildman–Crippen MR) is 62.0 cm³/mol. The van der Waals surface area contributed by atoms with E-state index in [0.29, 0.717) is 16.9 Å². The normalized spacial score (nSPS) is 12.1. The van der Waals surface area contributed by atoms with E-state index in [-0.39, 0.29) is 5.91 Å². The van der Waals surface area contributed by atoms with Crippen LogP contribution < -0.4 is 5.32 Å². The van der Waals surface area contributed by atoms with Crippen molar-refractivity contribution < 1.29 is 4.79 Å². The molecule has 15 heavy (non-hydrogen) atoms. The fraction of sp³-hybridized carbons (Fsp3) is 0.500. The zero-order chi connectivity index (χ0) is 11.1. The van der Waals surface area contributed by atoms with Crippen LogP contribution in [0, 0.1) is 0 Å². The van der Waals surface area contributed by atoms with E-state index in [1.807, 2.05) is 0 Å². The molecule has 0 aliphatic carbocycles. The van der Waals surface area contributed by atoms with Crippen molar-refractivity contribution >= 4 is 21.8 Å². The molecule has 1 amide bonds. The molecule has 0 aliphatic rings. The molecule has 0 radical (unpaired) electrons. The van der Waals surface area contributed by atoms with Crippen LogP contribution in [-0.2, 0) is 0 Å². The standard InChI is InChI=1S/C10H14BrN3O/c1-8(11)3-2-5-12-10(15)9-4-6-13-14-7-9/h4,6-8H,2-3,5H2,1H3,(H,12,15). The molecule has 1 unspecified atom stereocenters. The van der Waals surface area contributed by atoms with Gasteiger partial charge in [0.25, 0.3) is 5.91 Å². The van der Waals surface area contributed by atoms with Gasteiger partial charge in [-0.05, 0) is 18.9 Å². The molecular formula is C10H14BrN3O. The first-order valence-corrected chi connectivity index (χ1v) is 5.80. The van der Waals surface area contributed by atoms with Gasteiger partial charge in [-0.3, -0.25) is 4.79 Å². The molecule has 1 aromatic rings. The second-order valence-corrected chi connectivity index (χ2v) is 4.87. The number of aromatic nitrogens is 2. The molecule has 1 heterocycles. The molecule has 1 atom stereocenters. The van der Waals surface area contributed by atoms with Gasteiger partial charge in [-0.2, -0.15) is 10.2 Å². The highest BCUT2D eigenvalue weighted by Crippen LogP contribution is 2.05.